The van der Waals surface area contributed by atoms with Crippen molar-refractivity contribution in [3.05, 3.63) is 62.7 Å². The first-order valence-corrected chi connectivity index (χ1v) is 12.6. The number of fused-ring (bicyclic) bond motifs is 1. The molecule has 3 aromatic rings. The molecule has 176 valence electrons. The van der Waals surface area contributed by atoms with E-state index < -0.39 is 16.0 Å². The Morgan fingerprint density at radius 2 is 2.06 bits per heavy atom. The van der Waals surface area contributed by atoms with Gasteiger partial charge in [-0.3, -0.25) is 14.2 Å². The van der Waals surface area contributed by atoms with E-state index in [9.17, 15) is 23.1 Å². The van der Waals surface area contributed by atoms with Crippen LogP contribution in [0.1, 0.15) is 58.2 Å². The molecule has 2 aromatic heterocycles. The fourth-order valence-electron chi connectivity index (χ4n) is 4.21. The summed E-state index contributed by atoms with van der Waals surface area (Å²) in [6.45, 7) is 2.69. The average Bonchev–Trinajstić information content (AvgIpc) is 3.20. The van der Waals surface area contributed by atoms with Gasteiger partial charge in [-0.2, -0.15) is 0 Å². The number of nitrogens with one attached hydrogen (secondary N) is 2. The van der Waals surface area contributed by atoms with Gasteiger partial charge in [0.1, 0.15) is 0 Å². The third-order valence-electron chi connectivity index (χ3n) is 6.13. The van der Waals surface area contributed by atoms with Gasteiger partial charge < -0.3 is 10.4 Å². The number of H-pyrrole nitrogens is 1. The summed E-state index contributed by atoms with van der Waals surface area (Å²) in [5.41, 5.74) is 2.70. The lowest BCUT2D eigenvalue weighted by Crippen LogP contribution is -2.27. The summed E-state index contributed by atoms with van der Waals surface area (Å²) in [6, 6.07) is 6.52. The summed E-state index contributed by atoms with van der Waals surface area (Å²) in [5.74, 6) is -1.25. The van der Waals surface area contributed by atoms with Gasteiger partial charge in [0.25, 0.3) is 5.56 Å². The van der Waals surface area contributed by atoms with Crippen molar-refractivity contribution in [2.24, 2.45) is 0 Å². The number of rotatable bonds is 6. The second-order valence-corrected chi connectivity index (χ2v) is 10.5. The molecule has 33 heavy (non-hydrogen) atoms. The fourth-order valence-corrected chi connectivity index (χ4v) is 4.73. The molecule has 0 radical (unpaired) electrons. The largest absolute Gasteiger partial charge is 0.478 e. The van der Waals surface area contributed by atoms with Gasteiger partial charge in [-0.05, 0) is 44.0 Å². The standard InChI is InChI=1S/C22H27N5O5S/c1-13-15(10-14-7-8-19(16(11-14)22(29)30)26(2)33(3,31)32)21(28)27-20(24-13)12-18(25-27)17-6-4-5-9-23-17/h7-8,11-12,17,23,25H,4-6,9-10H2,1-3H3,(H,29,30)/t17-/m0/s1. The second-order valence-electron chi connectivity index (χ2n) is 8.45. The number of sulfonamides is 1. The van der Waals surface area contributed by atoms with Crippen molar-refractivity contribution in [2.45, 2.75) is 38.6 Å². The van der Waals surface area contributed by atoms with E-state index in [-0.39, 0.29) is 29.3 Å². The molecule has 10 nitrogen and oxygen atoms in total. The number of hydrogen-bond acceptors (Lipinski definition) is 6. The minimum Gasteiger partial charge on any atom is -0.478 e. The number of benzene rings is 1. The van der Waals surface area contributed by atoms with E-state index >= 15 is 0 Å². The zero-order valence-corrected chi connectivity index (χ0v) is 19.6. The van der Waals surface area contributed by atoms with E-state index in [0.29, 0.717) is 22.5 Å². The Labute approximate surface area is 191 Å². The van der Waals surface area contributed by atoms with Crippen molar-refractivity contribution in [1.82, 2.24) is 19.9 Å². The van der Waals surface area contributed by atoms with Crippen molar-refractivity contribution in [3.63, 3.8) is 0 Å². The maximum absolute atomic E-state index is 13.2. The Morgan fingerprint density at radius 3 is 2.70 bits per heavy atom. The number of carboxylic acid groups (broad SMARTS) is 1. The van der Waals surface area contributed by atoms with Gasteiger partial charge in [0.2, 0.25) is 10.0 Å². The first-order valence-electron chi connectivity index (χ1n) is 10.7. The molecule has 1 fully saturated rings. The zero-order chi connectivity index (χ0) is 23.9. The molecule has 3 N–H and O–H groups in total. The minimum atomic E-state index is -3.63. The van der Waals surface area contributed by atoms with Crippen LogP contribution in [0, 0.1) is 6.92 Å². The topological polar surface area (TPSA) is 137 Å². The molecule has 0 saturated carbocycles. The summed E-state index contributed by atoms with van der Waals surface area (Å²) in [6.07, 6.45) is 4.41. The summed E-state index contributed by atoms with van der Waals surface area (Å²) < 4.78 is 26.1. The number of carbonyl (C=O) groups is 1. The van der Waals surface area contributed by atoms with E-state index in [1.807, 2.05) is 6.07 Å². The molecular formula is C22H27N5O5S. The number of aromatic nitrogens is 3. The lowest BCUT2D eigenvalue weighted by molar-refractivity contribution is 0.0697. The Hall–Kier alpha value is -3.18. The maximum Gasteiger partial charge on any atom is 0.337 e. The SMILES string of the molecule is Cc1nc2cc([C@@H]3CCCCN3)[nH]n2c(=O)c1Cc1ccc(N(C)S(C)(=O)=O)c(C(=O)O)c1. The highest BCUT2D eigenvalue weighted by Crippen LogP contribution is 2.25. The molecule has 11 heteroatoms. The van der Waals surface area contributed by atoms with Gasteiger partial charge in [0, 0.05) is 36.8 Å². The summed E-state index contributed by atoms with van der Waals surface area (Å²) in [4.78, 5) is 29.6. The van der Waals surface area contributed by atoms with Crippen LogP contribution in [0.25, 0.3) is 5.65 Å². The molecule has 1 aromatic carbocycles. The van der Waals surface area contributed by atoms with Gasteiger partial charge in [-0.15, -0.1) is 0 Å². The van der Waals surface area contributed by atoms with Crippen LogP contribution in [0.3, 0.4) is 0 Å². The van der Waals surface area contributed by atoms with E-state index in [4.69, 9.17) is 0 Å². The lowest BCUT2D eigenvalue weighted by Gasteiger charge is -2.21. The van der Waals surface area contributed by atoms with Crippen molar-refractivity contribution in [3.8, 4) is 0 Å². The first kappa shape index (κ1) is 23.0. The molecule has 1 aliphatic rings. The van der Waals surface area contributed by atoms with Gasteiger partial charge in [-0.1, -0.05) is 12.5 Å². The molecule has 4 rings (SSSR count). The van der Waals surface area contributed by atoms with Crippen LogP contribution >= 0.6 is 0 Å². The fraction of sp³-hybridized carbons (Fsp3) is 0.409. The average molecular weight is 474 g/mol. The molecule has 0 spiro atoms. The van der Waals surface area contributed by atoms with Crippen molar-refractivity contribution in [1.29, 1.82) is 0 Å². The van der Waals surface area contributed by atoms with Gasteiger partial charge >= 0.3 is 5.97 Å². The Bertz CT molecular complexity index is 1390. The summed E-state index contributed by atoms with van der Waals surface area (Å²) >= 11 is 0. The highest BCUT2D eigenvalue weighted by atomic mass is 32.2. The number of aryl methyl sites for hydroxylation is 1. The summed E-state index contributed by atoms with van der Waals surface area (Å²) in [5, 5.41) is 16.3. The van der Waals surface area contributed by atoms with E-state index in [1.165, 1.54) is 23.7 Å². The molecule has 3 heterocycles. The van der Waals surface area contributed by atoms with Crippen molar-refractivity contribution >= 4 is 27.3 Å². The predicted molar refractivity (Wildman–Crippen MR) is 125 cm³/mol. The molecule has 0 aliphatic carbocycles. The minimum absolute atomic E-state index is 0.0600. The highest BCUT2D eigenvalue weighted by molar-refractivity contribution is 7.92. The monoisotopic (exact) mass is 473 g/mol. The zero-order valence-electron chi connectivity index (χ0n) is 18.8. The number of piperidine rings is 1. The normalized spacial score (nSPS) is 16.8. The number of nitrogens with zero attached hydrogens (tertiary/aromatic N) is 3. The maximum atomic E-state index is 13.2. The number of carboxylic acids is 1. The predicted octanol–water partition coefficient (Wildman–Crippen LogP) is 1.83. The molecular weight excluding hydrogens is 446 g/mol. The quantitative estimate of drug-likeness (QED) is 0.497. The van der Waals surface area contributed by atoms with Gasteiger partial charge in [-0.25, -0.2) is 22.7 Å². The van der Waals surface area contributed by atoms with Crippen LogP contribution in [0.4, 0.5) is 5.69 Å². The van der Waals surface area contributed by atoms with Crippen molar-refractivity contribution in [2.75, 3.05) is 24.2 Å². The number of aromatic carboxylic acids is 1. The molecule has 1 saturated heterocycles. The van der Waals surface area contributed by atoms with Crippen LogP contribution in [-0.4, -0.2) is 53.9 Å². The molecule has 0 amide bonds. The van der Waals surface area contributed by atoms with Crippen LogP contribution in [-0.2, 0) is 16.4 Å². The van der Waals surface area contributed by atoms with E-state index in [2.05, 4.69) is 15.4 Å². The first-order chi connectivity index (χ1) is 15.6. The van der Waals surface area contributed by atoms with Gasteiger partial charge in [0.15, 0.2) is 5.65 Å². The molecule has 1 atom stereocenters. The molecule has 0 bridgehead atoms. The smallest absolute Gasteiger partial charge is 0.337 e. The lowest BCUT2D eigenvalue weighted by atomic mass is 10.0. The Morgan fingerprint density at radius 1 is 1.30 bits per heavy atom. The number of anilines is 1. The van der Waals surface area contributed by atoms with Crippen LogP contribution in [0.5, 0.6) is 0 Å². The van der Waals surface area contributed by atoms with E-state index in [1.54, 1.807) is 13.0 Å². The summed E-state index contributed by atoms with van der Waals surface area (Å²) in [7, 11) is -2.33. The Balaban J connectivity index is 1.72. The van der Waals surface area contributed by atoms with E-state index in [0.717, 1.165) is 42.1 Å². The highest BCUT2D eigenvalue weighted by Gasteiger charge is 2.22. The molecule has 0 unspecified atom stereocenters. The Kier molecular flexibility index (Phi) is 6.02. The van der Waals surface area contributed by atoms with Crippen LogP contribution < -0.4 is 15.2 Å². The van der Waals surface area contributed by atoms with Gasteiger partial charge in [0.05, 0.1) is 23.2 Å². The molecule has 1 aliphatic heterocycles. The van der Waals surface area contributed by atoms with Crippen LogP contribution in [0.2, 0.25) is 0 Å². The second kappa shape index (κ2) is 8.64. The number of aromatic amines is 1. The third kappa shape index (κ3) is 4.51. The van der Waals surface area contributed by atoms with Crippen molar-refractivity contribution < 1.29 is 18.3 Å². The number of hydrogen-bond donors (Lipinski definition) is 3. The van der Waals surface area contributed by atoms with Crippen LogP contribution in [0.15, 0.2) is 29.1 Å². The third-order valence-corrected chi connectivity index (χ3v) is 7.32.